The van der Waals surface area contributed by atoms with E-state index in [1.807, 2.05) is 6.92 Å². The second-order valence-corrected chi connectivity index (χ2v) is 6.08. The van der Waals surface area contributed by atoms with Gasteiger partial charge in [0.2, 0.25) is 0 Å². The van der Waals surface area contributed by atoms with Crippen LogP contribution in [0.1, 0.15) is 41.0 Å². The van der Waals surface area contributed by atoms with Gasteiger partial charge in [0.05, 0.1) is 13.0 Å². The number of rotatable bonds is 9. The van der Waals surface area contributed by atoms with Gasteiger partial charge in [0, 0.05) is 38.8 Å². The summed E-state index contributed by atoms with van der Waals surface area (Å²) < 4.78 is 4.70. The lowest BCUT2D eigenvalue weighted by Crippen LogP contribution is -2.43. The third-order valence-electron chi connectivity index (χ3n) is 3.61. The summed E-state index contributed by atoms with van der Waals surface area (Å²) >= 11 is 0. The van der Waals surface area contributed by atoms with Crippen LogP contribution in [0.3, 0.4) is 0 Å². The molecule has 0 heterocycles. The largest absolute Gasteiger partial charge is 0.469 e. The molecule has 6 nitrogen and oxygen atoms in total. The molecular weight excluding hydrogens is 407 g/mol. The summed E-state index contributed by atoms with van der Waals surface area (Å²) in [5.41, 5.74) is 0. The first kappa shape index (κ1) is 24.7. The first-order valence-electron chi connectivity index (χ1n) is 8.11. The molecular formula is C16H35IN4O2. The minimum absolute atomic E-state index is 0. The van der Waals surface area contributed by atoms with Gasteiger partial charge in [-0.15, -0.1) is 24.0 Å². The van der Waals surface area contributed by atoms with Gasteiger partial charge in [-0.1, -0.05) is 6.92 Å². The molecule has 138 valence electrons. The summed E-state index contributed by atoms with van der Waals surface area (Å²) in [6.07, 6.45) is 1.05. The van der Waals surface area contributed by atoms with Crippen LogP contribution < -0.4 is 10.6 Å². The molecule has 0 rings (SSSR count). The number of methoxy groups -OCH3 is 1. The molecule has 0 aromatic heterocycles. The Morgan fingerprint density at radius 3 is 2.13 bits per heavy atom. The van der Waals surface area contributed by atoms with E-state index in [0.717, 1.165) is 25.5 Å². The Morgan fingerprint density at radius 2 is 1.70 bits per heavy atom. The molecule has 7 heteroatoms. The lowest BCUT2D eigenvalue weighted by atomic mass is 10.2. The van der Waals surface area contributed by atoms with Crippen molar-refractivity contribution in [3.63, 3.8) is 0 Å². The van der Waals surface area contributed by atoms with Gasteiger partial charge in [0.25, 0.3) is 0 Å². The highest BCUT2D eigenvalue weighted by Gasteiger charge is 2.14. The van der Waals surface area contributed by atoms with Gasteiger partial charge in [0.1, 0.15) is 0 Å². The van der Waals surface area contributed by atoms with Gasteiger partial charge >= 0.3 is 5.97 Å². The van der Waals surface area contributed by atoms with Crippen LogP contribution in [0.25, 0.3) is 0 Å². The first-order chi connectivity index (χ1) is 10.3. The summed E-state index contributed by atoms with van der Waals surface area (Å²) in [4.78, 5) is 18.0. The zero-order chi connectivity index (χ0) is 17.1. The van der Waals surface area contributed by atoms with Crippen molar-refractivity contribution in [2.24, 2.45) is 10.9 Å². The van der Waals surface area contributed by atoms with Gasteiger partial charge in [-0.05, 0) is 34.1 Å². The number of aliphatic imine (C=N–C) groups is 1. The Labute approximate surface area is 158 Å². The van der Waals surface area contributed by atoms with Crippen LogP contribution in [0.15, 0.2) is 4.99 Å². The first-order valence-corrected chi connectivity index (χ1v) is 8.11. The van der Waals surface area contributed by atoms with E-state index >= 15 is 0 Å². The molecule has 2 N–H and O–H groups in total. The van der Waals surface area contributed by atoms with Crippen LogP contribution >= 0.6 is 24.0 Å². The van der Waals surface area contributed by atoms with E-state index in [0.29, 0.717) is 18.6 Å². The van der Waals surface area contributed by atoms with Crippen LogP contribution in [0.5, 0.6) is 0 Å². The summed E-state index contributed by atoms with van der Waals surface area (Å²) in [5.74, 6) is 0.310. The fraction of sp³-hybridized carbons (Fsp3) is 0.875. The Kier molecular flexibility index (Phi) is 14.8. The predicted molar refractivity (Wildman–Crippen MR) is 108 cm³/mol. The van der Waals surface area contributed by atoms with Crippen molar-refractivity contribution < 1.29 is 9.53 Å². The molecule has 0 amide bonds. The quantitative estimate of drug-likeness (QED) is 0.188. The molecule has 0 aliphatic carbocycles. The highest BCUT2D eigenvalue weighted by atomic mass is 127. The average molecular weight is 442 g/mol. The second-order valence-electron chi connectivity index (χ2n) is 6.08. The number of nitrogens with one attached hydrogen (secondary N) is 2. The molecule has 0 saturated heterocycles. The van der Waals surface area contributed by atoms with Gasteiger partial charge < -0.3 is 15.4 Å². The fourth-order valence-electron chi connectivity index (χ4n) is 2.34. The van der Waals surface area contributed by atoms with E-state index in [1.54, 1.807) is 7.05 Å². The topological polar surface area (TPSA) is 66.0 Å². The standard InChI is InChI=1S/C16H34N4O2.HI/c1-12(2)20(13(3)4)10-8-9-18-16(17-6)19-11-14(5)15(21)22-7;/h12-14H,8-11H2,1-7H3,(H2,17,18,19);1H. The van der Waals surface area contributed by atoms with E-state index in [9.17, 15) is 4.79 Å². The van der Waals surface area contributed by atoms with Crippen LogP contribution in [0, 0.1) is 5.92 Å². The Hall–Kier alpha value is -0.570. The van der Waals surface area contributed by atoms with Crippen LogP contribution in [0.4, 0.5) is 0 Å². The summed E-state index contributed by atoms with van der Waals surface area (Å²) in [6.45, 7) is 13.1. The molecule has 0 radical (unpaired) electrons. The van der Waals surface area contributed by atoms with Gasteiger partial charge in [-0.25, -0.2) is 0 Å². The molecule has 0 fully saturated rings. The van der Waals surface area contributed by atoms with Crippen molar-refractivity contribution in [3.8, 4) is 0 Å². The third kappa shape index (κ3) is 10.8. The maximum Gasteiger partial charge on any atom is 0.310 e. The second kappa shape index (κ2) is 13.8. The van der Waals surface area contributed by atoms with Gasteiger partial charge in [-0.2, -0.15) is 0 Å². The zero-order valence-electron chi connectivity index (χ0n) is 15.7. The third-order valence-corrected chi connectivity index (χ3v) is 3.61. The number of halogens is 1. The highest BCUT2D eigenvalue weighted by Crippen LogP contribution is 2.05. The van der Waals surface area contributed by atoms with Crippen LogP contribution in [-0.4, -0.2) is 62.7 Å². The summed E-state index contributed by atoms with van der Waals surface area (Å²) in [6, 6.07) is 1.11. The molecule has 1 atom stereocenters. The Balaban J connectivity index is 0. The zero-order valence-corrected chi connectivity index (χ0v) is 18.0. The van der Waals surface area contributed by atoms with Gasteiger partial charge in [-0.3, -0.25) is 14.7 Å². The number of hydrogen-bond donors (Lipinski definition) is 2. The molecule has 0 bridgehead atoms. The number of nitrogens with zero attached hydrogens (tertiary/aromatic N) is 2. The number of esters is 1. The fourth-order valence-corrected chi connectivity index (χ4v) is 2.34. The van der Waals surface area contributed by atoms with Crippen molar-refractivity contribution in [1.82, 2.24) is 15.5 Å². The van der Waals surface area contributed by atoms with Crippen molar-refractivity contribution >= 4 is 35.9 Å². The molecule has 0 aromatic rings. The highest BCUT2D eigenvalue weighted by molar-refractivity contribution is 14.0. The Bertz CT molecular complexity index is 341. The Morgan fingerprint density at radius 1 is 1.13 bits per heavy atom. The normalized spacial score (nSPS) is 13.0. The number of guanidine groups is 1. The van der Waals surface area contributed by atoms with Crippen molar-refractivity contribution in [2.75, 3.05) is 33.8 Å². The SMILES string of the molecule is CN=C(NCCCN(C(C)C)C(C)C)NCC(C)C(=O)OC.I. The summed E-state index contributed by atoms with van der Waals surface area (Å²) in [5, 5.41) is 6.42. The lowest BCUT2D eigenvalue weighted by molar-refractivity contribution is -0.144. The average Bonchev–Trinajstić information content (AvgIpc) is 2.47. The molecule has 0 aliphatic heterocycles. The van der Waals surface area contributed by atoms with E-state index in [2.05, 4.69) is 48.2 Å². The number of carbonyl (C=O) groups is 1. The minimum Gasteiger partial charge on any atom is -0.469 e. The molecule has 0 spiro atoms. The predicted octanol–water partition coefficient (Wildman–Crippen LogP) is 2.09. The maximum absolute atomic E-state index is 11.3. The van der Waals surface area contributed by atoms with Crippen molar-refractivity contribution in [3.05, 3.63) is 0 Å². The molecule has 1 unspecified atom stereocenters. The molecule has 0 aliphatic rings. The molecule has 0 aromatic carbocycles. The van der Waals surface area contributed by atoms with E-state index < -0.39 is 0 Å². The smallest absolute Gasteiger partial charge is 0.310 e. The number of ether oxygens (including phenoxy) is 1. The van der Waals surface area contributed by atoms with E-state index in [1.165, 1.54) is 7.11 Å². The van der Waals surface area contributed by atoms with E-state index in [4.69, 9.17) is 4.74 Å². The lowest BCUT2D eigenvalue weighted by Gasteiger charge is -2.30. The van der Waals surface area contributed by atoms with Crippen molar-refractivity contribution in [2.45, 2.75) is 53.1 Å². The minimum atomic E-state index is -0.215. The van der Waals surface area contributed by atoms with Crippen LogP contribution in [0.2, 0.25) is 0 Å². The van der Waals surface area contributed by atoms with Crippen molar-refractivity contribution in [1.29, 1.82) is 0 Å². The summed E-state index contributed by atoms with van der Waals surface area (Å²) in [7, 11) is 3.13. The maximum atomic E-state index is 11.3. The van der Waals surface area contributed by atoms with Gasteiger partial charge in [0.15, 0.2) is 5.96 Å². The molecule has 0 saturated carbocycles. The number of carbonyl (C=O) groups excluding carboxylic acids is 1. The van der Waals surface area contributed by atoms with Crippen LogP contribution in [-0.2, 0) is 9.53 Å². The molecule has 23 heavy (non-hydrogen) atoms. The van der Waals surface area contributed by atoms with E-state index in [-0.39, 0.29) is 35.9 Å². The number of hydrogen-bond acceptors (Lipinski definition) is 4. The monoisotopic (exact) mass is 442 g/mol.